The van der Waals surface area contributed by atoms with Crippen molar-refractivity contribution in [1.82, 2.24) is 10.9 Å². The summed E-state index contributed by atoms with van der Waals surface area (Å²) in [4.78, 5) is 29.8. The minimum absolute atomic E-state index is 0.239. The molecule has 1 amide bonds. The maximum Gasteiger partial charge on any atom is 0.321 e. The quantitative estimate of drug-likeness (QED) is 0.610. The van der Waals surface area contributed by atoms with Crippen molar-refractivity contribution in [3.05, 3.63) is 63.9 Å². The molecule has 1 aliphatic heterocycles. The molecule has 9 heteroatoms. The van der Waals surface area contributed by atoms with Crippen LogP contribution in [0.15, 0.2) is 51.9 Å². The summed E-state index contributed by atoms with van der Waals surface area (Å²) < 4.78 is 15.3. The second kappa shape index (κ2) is 8.17. The van der Waals surface area contributed by atoms with Gasteiger partial charge in [0.25, 0.3) is 5.91 Å². The van der Waals surface area contributed by atoms with Crippen molar-refractivity contribution in [3.63, 3.8) is 0 Å². The molecule has 0 aliphatic carbocycles. The van der Waals surface area contributed by atoms with Crippen LogP contribution in [0.2, 0.25) is 0 Å². The van der Waals surface area contributed by atoms with Gasteiger partial charge in [0.2, 0.25) is 0 Å². The van der Waals surface area contributed by atoms with Crippen molar-refractivity contribution >= 4 is 39.2 Å². The third-order valence-electron chi connectivity index (χ3n) is 4.33. The van der Waals surface area contributed by atoms with Crippen LogP contribution in [0.1, 0.15) is 18.1 Å². The Balaban J connectivity index is 2.13. The lowest BCUT2D eigenvalue weighted by Crippen LogP contribution is -2.53. The average molecular weight is 449 g/mol. The Morgan fingerprint density at radius 2 is 2.00 bits per heavy atom. The number of hydrogen-bond acceptors (Lipinski definition) is 5. The fourth-order valence-electron chi connectivity index (χ4n) is 2.77. The van der Waals surface area contributed by atoms with Crippen LogP contribution in [0.4, 0.5) is 10.1 Å². The number of amides is 1. The van der Waals surface area contributed by atoms with Crippen LogP contribution in [0.3, 0.4) is 0 Å². The number of nitrogens with one attached hydrogen (secondary N) is 2. The summed E-state index contributed by atoms with van der Waals surface area (Å²) in [5.74, 6) is -1.98. The molecule has 1 unspecified atom stereocenters. The van der Waals surface area contributed by atoms with E-state index in [4.69, 9.17) is 5.11 Å². The number of likely N-dealkylation sites (N-methyl/N-ethyl adjacent to an activating group) is 1. The molecular formula is C19H18BrFN4O3. The van der Waals surface area contributed by atoms with Crippen LogP contribution >= 0.6 is 15.9 Å². The molecule has 3 N–H and O–H groups in total. The molecule has 1 heterocycles. The third kappa shape index (κ3) is 3.96. The normalized spacial score (nSPS) is 17.6. The number of benzodiazepines with no additional fused rings is 1. The van der Waals surface area contributed by atoms with Gasteiger partial charge >= 0.3 is 5.97 Å². The zero-order valence-corrected chi connectivity index (χ0v) is 16.7. The van der Waals surface area contributed by atoms with E-state index in [1.165, 1.54) is 17.9 Å². The lowest BCUT2D eigenvalue weighted by atomic mass is 10.00. The Labute approximate surface area is 169 Å². The van der Waals surface area contributed by atoms with Gasteiger partial charge in [0.15, 0.2) is 6.17 Å². The largest absolute Gasteiger partial charge is 0.480 e. The summed E-state index contributed by atoms with van der Waals surface area (Å²) in [7, 11) is 1.59. The number of fused-ring (bicyclic) bond motifs is 1. The maximum absolute atomic E-state index is 14.5. The molecule has 0 saturated heterocycles. The number of carbonyl (C=O) groups excluding carboxylic acids is 1. The van der Waals surface area contributed by atoms with Gasteiger partial charge in [0.05, 0.1) is 11.4 Å². The van der Waals surface area contributed by atoms with Crippen LogP contribution in [0, 0.1) is 5.82 Å². The van der Waals surface area contributed by atoms with E-state index in [0.717, 1.165) is 4.47 Å². The minimum Gasteiger partial charge on any atom is -0.480 e. The molecule has 146 valence electrons. The lowest BCUT2D eigenvalue weighted by Gasteiger charge is -2.22. The van der Waals surface area contributed by atoms with E-state index in [1.807, 2.05) is 0 Å². The predicted molar refractivity (Wildman–Crippen MR) is 107 cm³/mol. The van der Waals surface area contributed by atoms with Crippen molar-refractivity contribution in [2.24, 2.45) is 4.99 Å². The number of benzene rings is 2. The average Bonchev–Trinajstić information content (AvgIpc) is 2.76. The smallest absolute Gasteiger partial charge is 0.321 e. The fourth-order valence-corrected chi connectivity index (χ4v) is 3.14. The van der Waals surface area contributed by atoms with E-state index in [-0.39, 0.29) is 11.3 Å². The Kier molecular flexibility index (Phi) is 5.87. The van der Waals surface area contributed by atoms with Crippen molar-refractivity contribution < 1.29 is 19.1 Å². The van der Waals surface area contributed by atoms with Crippen molar-refractivity contribution in [2.75, 3.05) is 11.9 Å². The zero-order chi connectivity index (χ0) is 20.4. The monoisotopic (exact) mass is 448 g/mol. The molecule has 0 aromatic heterocycles. The number of anilines is 1. The second-order valence-corrected chi connectivity index (χ2v) is 7.18. The SMILES string of the molecule is C[C@H](NNC1N=C(c2ccccc2F)c2cc(Br)ccc2N(C)C1=O)C(=O)O. The van der Waals surface area contributed by atoms with Gasteiger partial charge < -0.3 is 10.0 Å². The van der Waals surface area contributed by atoms with Crippen molar-refractivity contribution in [3.8, 4) is 0 Å². The Bertz CT molecular complexity index is 966. The van der Waals surface area contributed by atoms with Crippen LogP contribution < -0.4 is 15.8 Å². The van der Waals surface area contributed by atoms with E-state index in [2.05, 4.69) is 31.8 Å². The van der Waals surface area contributed by atoms with Gasteiger partial charge in [0.1, 0.15) is 11.9 Å². The van der Waals surface area contributed by atoms with E-state index < -0.39 is 29.9 Å². The first-order chi connectivity index (χ1) is 13.3. The number of nitrogens with zero attached hydrogens (tertiary/aromatic N) is 2. The third-order valence-corrected chi connectivity index (χ3v) is 4.83. The second-order valence-electron chi connectivity index (χ2n) is 6.27. The summed E-state index contributed by atoms with van der Waals surface area (Å²) >= 11 is 3.40. The molecule has 1 aliphatic rings. The molecule has 2 aromatic carbocycles. The van der Waals surface area contributed by atoms with Crippen LogP contribution in [0.25, 0.3) is 0 Å². The van der Waals surface area contributed by atoms with Gasteiger partial charge in [-0.25, -0.2) is 15.2 Å². The summed E-state index contributed by atoms with van der Waals surface area (Å²) in [6, 6.07) is 10.5. The summed E-state index contributed by atoms with van der Waals surface area (Å²) in [6.45, 7) is 1.42. The molecule has 0 fully saturated rings. The standard InChI is InChI=1S/C19H18BrFN4O3/c1-10(19(27)28)23-24-17-18(26)25(2)15-8-7-11(20)9-13(15)16(22-17)12-5-3-4-6-14(12)21/h3-10,17,23-24H,1-2H3,(H,27,28)/t10-,17?/m0/s1. The van der Waals surface area contributed by atoms with Gasteiger partial charge in [-0.2, -0.15) is 0 Å². The number of aliphatic carboxylic acids is 1. The molecule has 0 saturated carbocycles. The Morgan fingerprint density at radius 3 is 2.68 bits per heavy atom. The first-order valence-electron chi connectivity index (χ1n) is 8.43. The van der Waals surface area contributed by atoms with E-state index >= 15 is 0 Å². The topological polar surface area (TPSA) is 94.0 Å². The number of carboxylic acid groups (broad SMARTS) is 1. The van der Waals surface area contributed by atoms with Gasteiger partial charge in [-0.1, -0.05) is 28.1 Å². The van der Waals surface area contributed by atoms with Gasteiger partial charge in [-0.15, -0.1) is 0 Å². The Hall–Kier alpha value is -2.62. The summed E-state index contributed by atoms with van der Waals surface area (Å²) in [6.07, 6.45) is -1.15. The lowest BCUT2D eigenvalue weighted by molar-refractivity contribution is -0.139. The van der Waals surface area contributed by atoms with E-state index in [9.17, 15) is 14.0 Å². The summed E-state index contributed by atoms with van der Waals surface area (Å²) in [5.41, 5.74) is 6.86. The molecular weight excluding hydrogens is 431 g/mol. The van der Waals surface area contributed by atoms with E-state index in [0.29, 0.717) is 11.3 Å². The Morgan fingerprint density at radius 1 is 1.29 bits per heavy atom. The van der Waals surface area contributed by atoms with Crippen LogP contribution in [-0.4, -0.2) is 41.9 Å². The number of halogens is 2. The van der Waals surface area contributed by atoms with Crippen molar-refractivity contribution in [2.45, 2.75) is 19.1 Å². The first kappa shape index (κ1) is 20.1. The number of carboxylic acids is 1. The number of hydrazine groups is 1. The highest BCUT2D eigenvalue weighted by molar-refractivity contribution is 9.10. The fraction of sp³-hybridized carbons (Fsp3) is 0.211. The molecule has 2 aromatic rings. The van der Waals surface area contributed by atoms with Crippen LogP contribution in [0.5, 0.6) is 0 Å². The number of hydrogen-bond donors (Lipinski definition) is 3. The van der Waals surface area contributed by atoms with Gasteiger partial charge in [0, 0.05) is 22.6 Å². The molecule has 3 rings (SSSR count). The number of aliphatic imine (C=N–C) groups is 1. The van der Waals surface area contributed by atoms with Crippen molar-refractivity contribution in [1.29, 1.82) is 0 Å². The van der Waals surface area contributed by atoms with Gasteiger partial charge in [-0.3, -0.25) is 14.6 Å². The maximum atomic E-state index is 14.5. The molecule has 0 bridgehead atoms. The molecule has 28 heavy (non-hydrogen) atoms. The molecule has 2 atom stereocenters. The zero-order valence-electron chi connectivity index (χ0n) is 15.1. The number of carbonyl (C=O) groups is 2. The van der Waals surface area contributed by atoms with Crippen LogP contribution in [-0.2, 0) is 9.59 Å². The van der Waals surface area contributed by atoms with E-state index in [1.54, 1.807) is 43.4 Å². The highest BCUT2D eigenvalue weighted by Gasteiger charge is 2.31. The predicted octanol–water partition coefficient (Wildman–Crippen LogP) is 2.30. The number of rotatable bonds is 5. The highest BCUT2D eigenvalue weighted by Crippen LogP contribution is 2.30. The summed E-state index contributed by atoms with van der Waals surface area (Å²) in [5, 5.41) is 9.04. The molecule has 0 radical (unpaired) electrons. The molecule has 0 spiro atoms. The molecule has 7 nitrogen and oxygen atoms in total. The van der Waals surface area contributed by atoms with Gasteiger partial charge in [-0.05, 0) is 37.3 Å². The highest BCUT2D eigenvalue weighted by atomic mass is 79.9. The minimum atomic E-state index is -1.15. The first-order valence-corrected chi connectivity index (χ1v) is 9.23.